The van der Waals surface area contributed by atoms with Gasteiger partial charge in [-0.05, 0) is 26.7 Å². The molecule has 0 spiro atoms. The lowest BCUT2D eigenvalue weighted by atomic mass is 10.1. The van der Waals surface area contributed by atoms with E-state index in [1.54, 1.807) is 29.9 Å². The molecule has 19 heavy (non-hydrogen) atoms. The fourth-order valence-corrected chi connectivity index (χ4v) is 5.65. The summed E-state index contributed by atoms with van der Waals surface area (Å²) in [4.78, 5) is 0.378. The number of piperidine rings is 1. The summed E-state index contributed by atoms with van der Waals surface area (Å²) in [6, 6.07) is 0.0535. The van der Waals surface area contributed by atoms with Crippen LogP contribution in [0.25, 0.3) is 0 Å². The summed E-state index contributed by atoms with van der Waals surface area (Å²) in [6.07, 6.45) is 2.94. The Kier molecular flexibility index (Phi) is 4.37. The number of hydrogen-bond donors (Lipinski definition) is 0. The van der Waals surface area contributed by atoms with Gasteiger partial charge in [0.05, 0.1) is 11.4 Å². The van der Waals surface area contributed by atoms with Gasteiger partial charge in [0.25, 0.3) is 0 Å². The van der Waals surface area contributed by atoms with Crippen LogP contribution in [0.1, 0.15) is 30.7 Å². The Bertz CT molecular complexity index is 568. The monoisotopic (exact) mass is 349 g/mol. The van der Waals surface area contributed by atoms with Gasteiger partial charge in [-0.2, -0.15) is 9.40 Å². The summed E-state index contributed by atoms with van der Waals surface area (Å²) in [7, 11) is -1.67. The topological polar surface area (TPSA) is 55.2 Å². The van der Waals surface area contributed by atoms with Crippen molar-refractivity contribution in [3.8, 4) is 0 Å². The molecule has 1 aliphatic rings. The van der Waals surface area contributed by atoms with Crippen molar-refractivity contribution in [3.63, 3.8) is 0 Å². The highest BCUT2D eigenvalue weighted by atomic mass is 79.9. The fourth-order valence-electron chi connectivity index (χ4n) is 2.69. The first-order chi connectivity index (χ1) is 8.89. The molecule has 108 valence electrons. The van der Waals surface area contributed by atoms with Crippen LogP contribution in [-0.4, -0.2) is 40.4 Å². The molecular formula is C12H20BrN3O2S. The summed E-state index contributed by atoms with van der Waals surface area (Å²) in [5.74, 6) is 0. The van der Waals surface area contributed by atoms with Crippen molar-refractivity contribution in [3.05, 3.63) is 11.4 Å². The van der Waals surface area contributed by atoms with E-state index in [0.29, 0.717) is 28.2 Å². The molecule has 0 amide bonds. The molecule has 1 fully saturated rings. The molecule has 1 unspecified atom stereocenters. The largest absolute Gasteiger partial charge is 0.271 e. The predicted octanol–water partition coefficient (Wildman–Crippen LogP) is 1.98. The van der Waals surface area contributed by atoms with Crippen LogP contribution in [-0.2, 0) is 17.1 Å². The van der Waals surface area contributed by atoms with E-state index in [2.05, 4.69) is 21.0 Å². The zero-order valence-corrected chi connectivity index (χ0v) is 14.0. The van der Waals surface area contributed by atoms with Crippen molar-refractivity contribution in [2.75, 3.05) is 11.9 Å². The second-order valence-electron chi connectivity index (χ2n) is 5.04. The van der Waals surface area contributed by atoms with Crippen molar-refractivity contribution in [1.29, 1.82) is 0 Å². The van der Waals surface area contributed by atoms with Crippen molar-refractivity contribution >= 4 is 26.0 Å². The third-order valence-electron chi connectivity index (χ3n) is 3.76. The highest BCUT2D eigenvalue weighted by Gasteiger charge is 2.36. The van der Waals surface area contributed by atoms with E-state index in [9.17, 15) is 8.42 Å². The normalized spacial score (nSPS) is 21.8. The Labute approximate surface area is 123 Å². The number of rotatable bonds is 3. The number of aryl methyl sites for hydroxylation is 2. The van der Waals surface area contributed by atoms with Gasteiger partial charge in [0, 0.05) is 25.0 Å². The molecule has 1 aromatic rings. The second-order valence-corrected chi connectivity index (χ2v) is 7.52. The average Bonchev–Trinajstić information content (AvgIpc) is 2.63. The van der Waals surface area contributed by atoms with E-state index < -0.39 is 10.0 Å². The van der Waals surface area contributed by atoms with Crippen LogP contribution >= 0.6 is 15.9 Å². The van der Waals surface area contributed by atoms with Crippen LogP contribution < -0.4 is 0 Å². The number of hydrogen-bond acceptors (Lipinski definition) is 3. The van der Waals surface area contributed by atoms with Crippen LogP contribution in [0, 0.1) is 13.8 Å². The summed E-state index contributed by atoms with van der Waals surface area (Å²) in [5, 5.41) is 4.91. The quantitative estimate of drug-likeness (QED) is 0.784. The Balaban J connectivity index is 2.46. The minimum absolute atomic E-state index is 0.0535. The number of sulfonamides is 1. The number of alkyl halides is 1. The van der Waals surface area contributed by atoms with Gasteiger partial charge in [-0.15, -0.1) is 0 Å². The average molecular weight is 350 g/mol. The third kappa shape index (κ3) is 2.60. The van der Waals surface area contributed by atoms with E-state index >= 15 is 0 Å². The molecule has 0 aromatic carbocycles. The van der Waals surface area contributed by atoms with Crippen LogP contribution in [0.3, 0.4) is 0 Å². The van der Waals surface area contributed by atoms with E-state index in [1.807, 2.05) is 0 Å². The summed E-state index contributed by atoms with van der Waals surface area (Å²) in [5.41, 5.74) is 1.29. The molecule has 0 radical (unpaired) electrons. The lowest BCUT2D eigenvalue weighted by Crippen LogP contribution is -2.44. The maximum Gasteiger partial charge on any atom is 0.247 e. The molecular weight excluding hydrogens is 330 g/mol. The van der Waals surface area contributed by atoms with Gasteiger partial charge in [0.2, 0.25) is 10.0 Å². The Morgan fingerprint density at radius 2 is 2.05 bits per heavy atom. The van der Waals surface area contributed by atoms with Crippen LogP contribution in [0.5, 0.6) is 0 Å². The first-order valence-electron chi connectivity index (χ1n) is 6.47. The van der Waals surface area contributed by atoms with Crippen LogP contribution in [0.4, 0.5) is 0 Å². The van der Waals surface area contributed by atoms with Crippen LogP contribution in [0.15, 0.2) is 4.90 Å². The molecule has 1 saturated heterocycles. The molecule has 2 heterocycles. The second kappa shape index (κ2) is 5.54. The van der Waals surface area contributed by atoms with Crippen molar-refractivity contribution in [1.82, 2.24) is 14.1 Å². The minimum atomic E-state index is -3.44. The number of nitrogens with zero attached hydrogens (tertiary/aromatic N) is 3. The lowest BCUT2D eigenvalue weighted by molar-refractivity contribution is 0.273. The number of aromatic nitrogens is 2. The van der Waals surface area contributed by atoms with Gasteiger partial charge in [-0.3, -0.25) is 4.68 Å². The molecule has 5 nitrogen and oxygen atoms in total. The minimum Gasteiger partial charge on any atom is -0.271 e. The molecule has 0 bridgehead atoms. The maximum absolute atomic E-state index is 12.9. The van der Waals surface area contributed by atoms with Crippen molar-refractivity contribution < 1.29 is 8.42 Å². The van der Waals surface area contributed by atoms with Gasteiger partial charge in [0.15, 0.2) is 0 Å². The Morgan fingerprint density at radius 1 is 1.37 bits per heavy atom. The molecule has 1 aliphatic heterocycles. The summed E-state index contributed by atoms with van der Waals surface area (Å²) in [6.45, 7) is 4.17. The number of halogens is 1. The Hall–Kier alpha value is -0.400. The van der Waals surface area contributed by atoms with Gasteiger partial charge < -0.3 is 0 Å². The van der Waals surface area contributed by atoms with E-state index in [0.717, 1.165) is 19.3 Å². The Morgan fingerprint density at radius 3 is 2.58 bits per heavy atom. The first-order valence-corrected chi connectivity index (χ1v) is 9.03. The molecule has 0 N–H and O–H groups in total. The first kappa shape index (κ1) is 15.0. The molecule has 0 aliphatic carbocycles. The maximum atomic E-state index is 12.9. The molecule has 1 aromatic heterocycles. The summed E-state index contributed by atoms with van der Waals surface area (Å²) < 4.78 is 29.0. The molecule has 7 heteroatoms. The fraction of sp³-hybridized carbons (Fsp3) is 0.750. The van der Waals surface area contributed by atoms with Crippen molar-refractivity contribution in [2.24, 2.45) is 7.05 Å². The van der Waals surface area contributed by atoms with Gasteiger partial charge in [-0.25, -0.2) is 8.42 Å². The highest BCUT2D eigenvalue weighted by molar-refractivity contribution is 9.09. The highest BCUT2D eigenvalue weighted by Crippen LogP contribution is 2.29. The molecule has 0 saturated carbocycles. The molecule has 1 atom stereocenters. The predicted molar refractivity (Wildman–Crippen MR) is 78.0 cm³/mol. The zero-order valence-electron chi connectivity index (χ0n) is 11.6. The van der Waals surface area contributed by atoms with E-state index in [-0.39, 0.29) is 6.04 Å². The molecule has 2 rings (SSSR count). The van der Waals surface area contributed by atoms with Gasteiger partial charge >= 0.3 is 0 Å². The van der Waals surface area contributed by atoms with Gasteiger partial charge in [0.1, 0.15) is 4.90 Å². The van der Waals surface area contributed by atoms with Crippen molar-refractivity contribution in [2.45, 2.75) is 44.0 Å². The van der Waals surface area contributed by atoms with Crippen LogP contribution in [0.2, 0.25) is 0 Å². The summed E-state index contributed by atoms with van der Waals surface area (Å²) >= 11 is 3.43. The SMILES string of the molecule is Cc1nn(C)c(C)c1S(=O)(=O)N1CCCCC1CBr. The smallest absolute Gasteiger partial charge is 0.247 e. The van der Waals surface area contributed by atoms with E-state index in [1.165, 1.54) is 0 Å². The standard InChI is InChI=1S/C12H20BrN3O2S/c1-9-12(10(2)15(3)14-9)19(17,18)16-7-5-4-6-11(16)8-13/h11H,4-8H2,1-3H3. The van der Waals surface area contributed by atoms with Gasteiger partial charge in [-0.1, -0.05) is 22.4 Å². The lowest BCUT2D eigenvalue weighted by Gasteiger charge is -2.33. The van der Waals surface area contributed by atoms with E-state index in [4.69, 9.17) is 0 Å². The third-order valence-corrected chi connectivity index (χ3v) is 6.71. The zero-order chi connectivity index (χ0) is 14.2.